The molecule has 0 bridgehead atoms. The first kappa shape index (κ1) is 11.7. The summed E-state index contributed by atoms with van der Waals surface area (Å²) in [4.78, 5) is 2.52. The average molecular weight is 248 g/mol. The Morgan fingerprint density at radius 1 is 1.06 bits per heavy atom. The second kappa shape index (κ2) is 5.06. The van der Waals surface area contributed by atoms with Gasteiger partial charge >= 0.3 is 0 Å². The van der Waals surface area contributed by atoms with E-state index in [0.717, 1.165) is 30.2 Å². The molecule has 2 aliphatic rings. The maximum Gasteiger partial charge on any atom is 0.231 e. The molecular weight excluding hydrogens is 228 g/mol. The molecule has 0 spiro atoms. The van der Waals surface area contributed by atoms with Crippen molar-refractivity contribution in [2.24, 2.45) is 0 Å². The molecule has 0 saturated carbocycles. The first-order valence-electron chi connectivity index (χ1n) is 6.73. The Labute approximate surface area is 108 Å². The van der Waals surface area contributed by atoms with E-state index >= 15 is 0 Å². The van der Waals surface area contributed by atoms with Crippen molar-refractivity contribution in [1.82, 2.24) is 4.90 Å². The molecule has 18 heavy (non-hydrogen) atoms. The monoisotopic (exact) mass is 248 g/mol. The summed E-state index contributed by atoms with van der Waals surface area (Å²) in [5, 5.41) is 0. The predicted molar refractivity (Wildman–Crippen MR) is 71.0 cm³/mol. The minimum atomic E-state index is 0.310. The van der Waals surface area contributed by atoms with Crippen LogP contribution in [0.4, 0.5) is 5.69 Å². The van der Waals surface area contributed by atoms with Crippen molar-refractivity contribution in [2.45, 2.75) is 25.7 Å². The van der Waals surface area contributed by atoms with Crippen LogP contribution in [0.25, 0.3) is 0 Å². The Morgan fingerprint density at radius 3 is 2.56 bits per heavy atom. The molecule has 0 aliphatic carbocycles. The topological polar surface area (TPSA) is 47.7 Å². The van der Waals surface area contributed by atoms with E-state index in [2.05, 4.69) is 4.90 Å². The Morgan fingerprint density at radius 2 is 1.78 bits per heavy atom. The number of rotatable bonds is 3. The van der Waals surface area contributed by atoms with Crippen molar-refractivity contribution in [1.29, 1.82) is 0 Å². The van der Waals surface area contributed by atoms with Gasteiger partial charge in [-0.05, 0) is 44.0 Å². The lowest BCUT2D eigenvalue weighted by molar-refractivity contribution is 0.174. The number of hydrogen-bond donors (Lipinski definition) is 1. The number of nitrogens with zero attached hydrogens (tertiary/aromatic N) is 1. The minimum Gasteiger partial charge on any atom is -0.454 e. The van der Waals surface area contributed by atoms with Crippen LogP contribution in [0.3, 0.4) is 0 Å². The molecule has 2 aliphatic heterocycles. The van der Waals surface area contributed by atoms with E-state index in [4.69, 9.17) is 15.2 Å². The molecule has 98 valence electrons. The quantitative estimate of drug-likeness (QED) is 0.831. The van der Waals surface area contributed by atoms with Gasteiger partial charge < -0.3 is 20.1 Å². The number of benzene rings is 1. The molecule has 4 heteroatoms. The highest BCUT2D eigenvalue weighted by atomic mass is 16.7. The number of likely N-dealkylation sites (tertiary alicyclic amines) is 1. The van der Waals surface area contributed by atoms with Gasteiger partial charge in [-0.3, -0.25) is 0 Å². The predicted octanol–water partition coefficient (Wildman–Crippen LogP) is 2.03. The molecule has 0 atom stereocenters. The molecule has 1 aromatic rings. The molecule has 0 radical (unpaired) electrons. The highest BCUT2D eigenvalue weighted by Crippen LogP contribution is 2.36. The second-order valence-electron chi connectivity index (χ2n) is 5.06. The van der Waals surface area contributed by atoms with E-state index in [0.29, 0.717) is 6.79 Å². The van der Waals surface area contributed by atoms with Gasteiger partial charge in [-0.2, -0.15) is 0 Å². The van der Waals surface area contributed by atoms with Gasteiger partial charge in [0.05, 0.1) is 0 Å². The first-order chi connectivity index (χ1) is 8.83. The Hall–Kier alpha value is -1.42. The third-order valence-corrected chi connectivity index (χ3v) is 3.78. The number of hydrogen-bond acceptors (Lipinski definition) is 4. The van der Waals surface area contributed by atoms with Gasteiger partial charge in [-0.25, -0.2) is 0 Å². The summed E-state index contributed by atoms with van der Waals surface area (Å²) in [6, 6.07) is 3.91. The lowest BCUT2D eigenvalue weighted by Crippen LogP contribution is -2.31. The van der Waals surface area contributed by atoms with Crippen LogP contribution >= 0.6 is 0 Å². The maximum atomic E-state index is 6.06. The zero-order chi connectivity index (χ0) is 12.4. The van der Waals surface area contributed by atoms with Crippen LogP contribution in [-0.2, 0) is 6.42 Å². The normalized spacial score (nSPS) is 19.1. The molecule has 4 nitrogen and oxygen atoms in total. The van der Waals surface area contributed by atoms with Crippen molar-refractivity contribution < 1.29 is 9.47 Å². The molecule has 0 amide bonds. The summed E-state index contributed by atoms with van der Waals surface area (Å²) >= 11 is 0. The highest BCUT2D eigenvalue weighted by Gasteiger charge is 2.17. The number of piperidine rings is 1. The Kier molecular flexibility index (Phi) is 3.28. The van der Waals surface area contributed by atoms with E-state index in [1.54, 1.807) is 0 Å². The third-order valence-electron chi connectivity index (χ3n) is 3.78. The fourth-order valence-electron chi connectivity index (χ4n) is 2.68. The van der Waals surface area contributed by atoms with E-state index in [9.17, 15) is 0 Å². The van der Waals surface area contributed by atoms with E-state index in [-0.39, 0.29) is 0 Å². The van der Waals surface area contributed by atoms with E-state index in [1.807, 2.05) is 12.1 Å². The molecule has 1 aromatic carbocycles. The Balaban J connectivity index is 1.65. The second-order valence-corrected chi connectivity index (χ2v) is 5.06. The molecule has 3 rings (SSSR count). The standard InChI is InChI=1S/C14H20N2O2/c15-12-9-14-13(17-10-18-14)8-11(12)4-7-16-5-2-1-3-6-16/h8-9H,1-7,10,15H2. The maximum absolute atomic E-state index is 6.06. The van der Waals surface area contributed by atoms with Gasteiger partial charge in [-0.1, -0.05) is 6.42 Å². The fraction of sp³-hybridized carbons (Fsp3) is 0.571. The number of ether oxygens (including phenoxy) is 2. The van der Waals surface area contributed by atoms with Crippen LogP contribution in [0.5, 0.6) is 11.5 Å². The molecule has 1 fully saturated rings. The van der Waals surface area contributed by atoms with Gasteiger partial charge in [0, 0.05) is 18.3 Å². The van der Waals surface area contributed by atoms with Crippen molar-refractivity contribution >= 4 is 5.69 Å². The van der Waals surface area contributed by atoms with Crippen molar-refractivity contribution in [3.63, 3.8) is 0 Å². The Bertz CT molecular complexity index is 428. The van der Waals surface area contributed by atoms with E-state index < -0.39 is 0 Å². The summed E-state index contributed by atoms with van der Waals surface area (Å²) in [7, 11) is 0. The van der Waals surface area contributed by atoms with Crippen molar-refractivity contribution in [3.05, 3.63) is 17.7 Å². The molecule has 0 aromatic heterocycles. The van der Waals surface area contributed by atoms with Crippen molar-refractivity contribution in [2.75, 3.05) is 32.2 Å². The SMILES string of the molecule is Nc1cc2c(cc1CCN1CCCCC1)OCO2. The lowest BCUT2D eigenvalue weighted by atomic mass is 10.1. The largest absolute Gasteiger partial charge is 0.454 e. The van der Waals surface area contributed by atoms with Crippen molar-refractivity contribution in [3.8, 4) is 11.5 Å². The van der Waals surface area contributed by atoms with Gasteiger partial charge in [0.25, 0.3) is 0 Å². The van der Waals surface area contributed by atoms with Gasteiger partial charge in [-0.15, -0.1) is 0 Å². The minimum absolute atomic E-state index is 0.310. The van der Waals surface area contributed by atoms with Crippen LogP contribution in [0.1, 0.15) is 24.8 Å². The summed E-state index contributed by atoms with van der Waals surface area (Å²) in [5.41, 5.74) is 8.04. The van der Waals surface area contributed by atoms with Crippen LogP contribution in [-0.4, -0.2) is 31.3 Å². The van der Waals surface area contributed by atoms with Gasteiger partial charge in [0.15, 0.2) is 11.5 Å². The summed E-state index contributed by atoms with van der Waals surface area (Å²) in [6.45, 7) is 3.85. The van der Waals surface area contributed by atoms with Gasteiger partial charge in [0.1, 0.15) is 0 Å². The first-order valence-corrected chi connectivity index (χ1v) is 6.73. The molecule has 0 unspecified atom stereocenters. The van der Waals surface area contributed by atoms with Crippen LogP contribution in [0, 0.1) is 0 Å². The molecule has 2 N–H and O–H groups in total. The summed E-state index contributed by atoms with van der Waals surface area (Å²) in [5.74, 6) is 1.60. The zero-order valence-electron chi connectivity index (χ0n) is 10.7. The third kappa shape index (κ3) is 2.38. The molecular formula is C14H20N2O2. The number of nitrogens with two attached hydrogens (primary N) is 1. The zero-order valence-corrected chi connectivity index (χ0v) is 10.7. The number of anilines is 1. The number of fused-ring (bicyclic) bond motifs is 1. The van der Waals surface area contributed by atoms with Crippen LogP contribution < -0.4 is 15.2 Å². The molecule has 2 heterocycles. The highest BCUT2D eigenvalue weighted by molar-refractivity contribution is 5.58. The number of nitrogen functional groups attached to an aromatic ring is 1. The fourth-order valence-corrected chi connectivity index (χ4v) is 2.68. The average Bonchev–Trinajstić information content (AvgIpc) is 2.84. The van der Waals surface area contributed by atoms with Crippen LogP contribution in [0.15, 0.2) is 12.1 Å². The van der Waals surface area contributed by atoms with Crippen LogP contribution in [0.2, 0.25) is 0 Å². The van der Waals surface area contributed by atoms with E-state index in [1.165, 1.54) is 37.9 Å². The lowest BCUT2D eigenvalue weighted by Gasteiger charge is -2.26. The molecule has 1 saturated heterocycles. The van der Waals surface area contributed by atoms with Gasteiger partial charge in [0.2, 0.25) is 6.79 Å². The summed E-state index contributed by atoms with van der Waals surface area (Å²) in [6.07, 6.45) is 5.03. The smallest absolute Gasteiger partial charge is 0.231 e. The summed E-state index contributed by atoms with van der Waals surface area (Å²) < 4.78 is 10.7.